The molecule has 8 heteroatoms. The number of ether oxygens (including phenoxy) is 1. The molecule has 0 aliphatic carbocycles. The topological polar surface area (TPSA) is 87.3 Å². The molecule has 0 saturated carbocycles. The number of H-pyrrole nitrogens is 1. The number of imidazole rings is 1. The van der Waals surface area contributed by atoms with Crippen LogP contribution in [-0.2, 0) is 22.4 Å². The molecule has 3 aromatic rings. The lowest BCUT2D eigenvalue weighted by Gasteiger charge is -2.14. The Morgan fingerprint density at radius 2 is 2.06 bits per heavy atom. The average molecular weight is 436 g/mol. The predicted octanol–water partition coefficient (Wildman–Crippen LogP) is 3.85. The van der Waals surface area contributed by atoms with Crippen LogP contribution in [0.5, 0.6) is 0 Å². The van der Waals surface area contributed by atoms with Crippen molar-refractivity contribution in [2.45, 2.75) is 32.3 Å². The van der Waals surface area contributed by atoms with Crippen molar-refractivity contribution < 1.29 is 18.7 Å². The zero-order chi connectivity index (χ0) is 22.5. The van der Waals surface area contributed by atoms with Gasteiger partial charge in [-0.1, -0.05) is 24.3 Å². The van der Waals surface area contributed by atoms with E-state index in [1.807, 2.05) is 30.5 Å². The van der Waals surface area contributed by atoms with E-state index in [2.05, 4.69) is 15.3 Å². The maximum Gasteiger partial charge on any atom is 0.414 e. The number of rotatable bonds is 8. The number of aryl methyl sites for hydroxylation is 2. The van der Waals surface area contributed by atoms with E-state index in [9.17, 15) is 14.0 Å². The molecule has 166 valence electrons. The van der Waals surface area contributed by atoms with Crippen molar-refractivity contribution in [2.75, 3.05) is 18.0 Å². The Morgan fingerprint density at radius 3 is 2.75 bits per heavy atom. The lowest BCUT2D eigenvalue weighted by molar-refractivity contribution is -0.119. The number of nitrogens with one attached hydrogen (secondary N) is 2. The fourth-order valence-corrected chi connectivity index (χ4v) is 3.76. The van der Waals surface area contributed by atoms with Crippen LogP contribution >= 0.6 is 0 Å². The third-order valence-electron chi connectivity index (χ3n) is 5.45. The van der Waals surface area contributed by atoms with Gasteiger partial charge in [-0.05, 0) is 48.6 Å². The van der Waals surface area contributed by atoms with Gasteiger partial charge < -0.3 is 15.0 Å². The summed E-state index contributed by atoms with van der Waals surface area (Å²) < 4.78 is 20.1. The summed E-state index contributed by atoms with van der Waals surface area (Å²) in [5.41, 5.74) is 3.98. The highest BCUT2D eigenvalue weighted by Gasteiger charge is 2.32. The summed E-state index contributed by atoms with van der Waals surface area (Å²) in [6.45, 7) is 1.88. The van der Waals surface area contributed by atoms with Crippen molar-refractivity contribution in [2.24, 2.45) is 0 Å². The minimum atomic E-state index is -0.549. The van der Waals surface area contributed by atoms with E-state index in [1.165, 1.54) is 23.5 Å². The predicted molar refractivity (Wildman–Crippen MR) is 119 cm³/mol. The molecule has 0 spiro atoms. The first-order valence-corrected chi connectivity index (χ1v) is 10.6. The highest BCUT2D eigenvalue weighted by molar-refractivity contribution is 5.90. The third-order valence-corrected chi connectivity index (χ3v) is 5.45. The minimum Gasteiger partial charge on any atom is -0.442 e. The Bertz CT molecular complexity index is 1080. The monoisotopic (exact) mass is 436 g/mol. The smallest absolute Gasteiger partial charge is 0.414 e. The first-order chi connectivity index (χ1) is 15.5. The van der Waals surface area contributed by atoms with Crippen LogP contribution in [0.4, 0.5) is 14.9 Å². The van der Waals surface area contributed by atoms with Gasteiger partial charge in [-0.3, -0.25) is 9.69 Å². The number of benzene rings is 2. The summed E-state index contributed by atoms with van der Waals surface area (Å²) in [5, 5.41) is 2.62. The third kappa shape index (κ3) is 5.14. The summed E-state index contributed by atoms with van der Waals surface area (Å²) in [6, 6.07) is 12.6. The Morgan fingerprint density at radius 1 is 1.25 bits per heavy atom. The molecule has 1 aliphatic rings. The largest absolute Gasteiger partial charge is 0.442 e. The molecule has 1 aliphatic heterocycles. The molecule has 0 radical (unpaired) electrons. The molecule has 1 fully saturated rings. The second kappa shape index (κ2) is 9.64. The van der Waals surface area contributed by atoms with Crippen molar-refractivity contribution in [3.05, 3.63) is 72.1 Å². The molecule has 4 rings (SSSR count). The van der Waals surface area contributed by atoms with Crippen LogP contribution in [0.2, 0.25) is 0 Å². The van der Waals surface area contributed by atoms with Crippen LogP contribution in [0.15, 0.2) is 55.0 Å². The SMILES string of the molecule is CC(=O)NC[C@H]1CN(c2ccc(-c3ccc(CCCc4cnc[nH]4)cc3)c(F)c2)C(=O)O1. The number of halogens is 1. The number of cyclic esters (lactones) is 1. The number of amides is 2. The van der Waals surface area contributed by atoms with Gasteiger partial charge in [0.25, 0.3) is 0 Å². The van der Waals surface area contributed by atoms with E-state index in [1.54, 1.807) is 18.5 Å². The quantitative estimate of drug-likeness (QED) is 0.562. The Hall–Kier alpha value is -3.68. The maximum atomic E-state index is 14.9. The van der Waals surface area contributed by atoms with Crippen molar-refractivity contribution in [1.82, 2.24) is 15.3 Å². The molecule has 2 N–H and O–H groups in total. The van der Waals surface area contributed by atoms with E-state index in [0.717, 1.165) is 30.5 Å². The molecule has 1 aromatic heterocycles. The average Bonchev–Trinajstić information content (AvgIpc) is 3.42. The number of anilines is 1. The molecule has 0 unspecified atom stereocenters. The Labute approximate surface area is 185 Å². The summed E-state index contributed by atoms with van der Waals surface area (Å²) in [6.07, 6.45) is 5.36. The van der Waals surface area contributed by atoms with Gasteiger partial charge in [0.05, 0.1) is 25.1 Å². The fourth-order valence-electron chi connectivity index (χ4n) is 3.76. The summed E-state index contributed by atoms with van der Waals surface area (Å²) in [4.78, 5) is 31.7. The van der Waals surface area contributed by atoms with Gasteiger partial charge in [-0.25, -0.2) is 14.2 Å². The molecule has 1 saturated heterocycles. The van der Waals surface area contributed by atoms with Crippen LogP contribution in [0, 0.1) is 5.82 Å². The van der Waals surface area contributed by atoms with Gasteiger partial charge in [-0.2, -0.15) is 0 Å². The van der Waals surface area contributed by atoms with Crippen molar-refractivity contribution in [3.8, 4) is 11.1 Å². The van der Waals surface area contributed by atoms with E-state index < -0.39 is 18.0 Å². The molecular formula is C24H25FN4O3. The Kier molecular flexibility index (Phi) is 6.49. The van der Waals surface area contributed by atoms with Crippen LogP contribution in [-0.4, -0.2) is 41.2 Å². The summed E-state index contributed by atoms with van der Waals surface area (Å²) in [5.74, 6) is -0.605. The fraction of sp³-hybridized carbons (Fsp3) is 0.292. The number of hydrogen-bond acceptors (Lipinski definition) is 4. The van der Waals surface area contributed by atoms with Crippen LogP contribution in [0.3, 0.4) is 0 Å². The number of carbonyl (C=O) groups excluding carboxylic acids is 2. The number of aromatic amines is 1. The van der Waals surface area contributed by atoms with Gasteiger partial charge in [0, 0.05) is 24.4 Å². The number of aromatic nitrogens is 2. The first kappa shape index (κ1) is 21.5. The molecule has 32 heavy (non-hydrogen) atoms. The summed E-state index contributed by atoms with van der Waals surface area (Å²) >= 11 is 0. The molecular weight excluding hydrogens is 411 g/mol. The number of carbonyl (C=O) groups is 2. The second-order valence-corrected chi connectivity index (χ2v) is 7.84. The van der Waals surface area contributed by atoms with Crippen LogP contribution in [0.25, 0.3) is 11.1 Å². The lowest BCUT2D eigenvalue weighted by atomic mass is 10.0. The van der Waals surface area contributed by atoms with Gasteiger partial charge in [-0.15, -0.1) is 0 Å². The molecule has 2 amide bonds. The zero-order valence-corrected chi connectivity index (χ0v) is 17.8. The summed E-state index contributed by atoms with van der Waals surface area (Å²) in [7, 11) is 0. The normalized spacial score (nSPS) is 15.6. The van der Waals surface area contributed by atoms with Crippen LogP contribution < -0.4 is 10.2 Å². The second-order valence-electron chi connectivity index (χ2n) is 7.84. The van der Waals surface area contributed by atoms with E-state index in [-0.39, 0.29) is 19.0 Å². The van der Waals surface area contributed by atoms with Gasteiger partial charge in [0.15, 0.2) is 0 Å². The number of hydrogen-bond donors (Lipinski definition) is 2. The Balaban J connectivity index is 1.38. The maximum absolute atomic E-state index is 14.9. The molecule has 1 atom stereocenters. The minimum absolute atomic E-state index is 0.196. The highest BCUT2D eigenvalue weighted by atomic mass is 19.1. The van der Waals surface area contributed by atoms with Gasteiger partial charge in [0.1, 0.15) is 11.9 Å². The van der Waals surface area contributed by atoms with Crippen LogP contribution in [0.1, 0.15) is 24.6 Å². The molecule has 0 bridgehead atoms. The molecule has 2 heterocycles. The van der Waals surface area contributed by atoms with Gasteiger partial charge >= 0.3 is 6.09 Å². The van der Waals surface area contributed by atoms with Crippen molar-refractivity contribution in [3.63, 3.8) is 0 Å². The first-order valence-electron chi connectivity index (χ1n) is 10.6. The molecule has 7 nitrogen and oxygen atoms in total. The van der Waals surface area contributed by atoms with Crippen molar-refractivity contribution >= 4 is 17.7 Å². The number of nitrogens with zero attached hydrogens (tertiary/aromatic N) is 2. The zero-order valence-electron chi connectivity index (χ0n) is 17.8. The van der Waals surface area contributed by atoms with Crippen molar-refractivity contribution in [1.29, 1.82) is 0 Å². The molecule has 2 aromatic carbocycles. The van der Waals surface area contributed by atoms with E-state index in [4.69, 9.17) is 4.74 Å². The van der Waals surface area contributed by atoms with E-state index >= 15 is 0 Å². The van der Waals surface area contributed by atoms with E-state index in [0.29, 0.717) is 11.3 Å². The lowest BCUT2D eigenvalue weighted by Crippen LogP contribution is -2.33. The standard InChI is InChI=1S/C24H25FN4O3/c1-16(30)27-13-21-14-29(24(31)32-21)20-9-10-22(23(25)11-20)18-7-5-17(6-8-18)3-2-4-19-12-26-15-28-19/h5-12,15,21H,2-4,13-14H2,1H3,(H,26,28)(H,27,30)/t21-/m0/s1. The highest BCUT2D eigenvalue weighted by Crippen LogP contribution is 2.29. The van der Waals surface area contributed by atoms with Gasteiger partial charge in [0.2, 0.25) is 5.91 Å².